The number of rotatable bonds is 8. The number of aromatic amines is 1. The Morgan fingerprint density at radius 3 is 2.81 bits per heavy atom. The van der Waals surface area contributed by atoms with Gasteiger partial charge in [0.25, 0.3) is 5.91 Å². The van der Waals surface area contributed by atoms with Crippen LogP contribution in [0.3, 0.4) is 0 Å². The summed E-state index contributed by atoms with van der Waals surface area (Å²) in [5, 5.41) is 16.1. The largest absolute Gasteiger partial charge is 0.477 e. The number of carboxylic acid groups (broad SMARTS) is 1. The molecular weight excluding hydrogens is 467 g/mol. The molecule has 11 nitrogen and oxygen atoms in total. The van der Waals surface area contributed by atoms with Gasteiger partial charge in [-0.2, -0.15) is 0 Å². The monoisotopic (exact) mass is 496 g/mol. The van der Waals surface area contributed by atoms with E-state index in [1.807, 2.05) is 11.8 Å². The molecule has 1 unspecified atom stereocenters. The normalized spacial score (nSPS) is 16.7. The lowest BCUT2D eigenvalue weighted by atomic mass is 10.1. The molecule has 0 bridgehead atoms. The minimum absolute atomic E-state index is 0.00367. The third-order valence-electron chi connectivity index (χ3n) is 5.98. The lowest BCUT2D eigenvalue weighted by Gasteiger charge is -2.19. The summed E-state index contributed by atoms with van der Waals surface area (Å²) in [4.78, 5) is 42.4. The number of carbonyl (C=O) groups excluding carboxylic acids is 1. The third kappa shape index (κ3) is 4.98. The maximum absolute atomic E-state index is 14.4. The van der Waals surface area contributed by atoms with E-state index in [0.29, 0.717) is 58.8 Å². The molecule has 190 valence electrons. The molecule has 4 rings (SSSR count). The Kier molecular flexibility index (Phi) is 7.15. The van der Waals surface area contributed by atoms with Crippen LogP contribution in [0.15, 0.2) is 28.9 Å². The lowest BCUT2D eigenvalue weighted by molar-refractivity contribution is -0.129. The molecule has 2 aromatic heterocycles. The minimum atomic E-state index is -1.21. The Bertz CT molecular complexity index is 1400. The number of amides is 1. The number of aliphatic carboxylic acids is 1. The highest BCUT2D eigenvalue weighted by Gasteiger charge is 2.26. The van der Waals surface area contributed by atoms with Crippen molar-refractivity contribution in [3.8, 4) is 0 Å². The van der Waals surface area contributed by atoms with Crippen LogP contribution in [0.2, 0.25) is 0 Å². The molecule has 1 aliphatic heterocycles. The third-order valence-corrected chi connectivity index (χ3v) is 5.98. The highest BCUT2D eigenvalue weighted by molar-refractivity contribution is 6.35. The van der Waals surface area contributed by atoms with Crippen molar-refractivity contribution in [3.05, 3.63) is 35.5 Å². The molecule has 1 atom stereocenters. The van der Waals surface area contributed by atoms with Crippen LogP contribution < -0.4 is 21.3 Å². The number of hydrogen-bond acceptors (Lipinski definition) is 8. The SMILES string of the molecule is CC/C=C(\N=C(/C)C(=O)O)C(=O)NCc1nc(N2CCC(N)C2)c2c(n1)[nH]c1c(NC)cc(F)cc12. The van der Waals surface area contributed by atoms with Crippen molar-refractivity contribution in [1.82, 2.24) is 20.3 Å². The fraction of sp³-hybridized carbons (Fsp3) is 0.375. The molecule has 1 fully saturated rings. The molecule has 0 aliphatic carbocycles. The van der Waals surface area contributed by atoms with E-state index >= 15 is 0 Å². The average Bonchev–Trinajstić information content (AvgIpc) is 3.44. The number of nitrogens with one attached hydrogen (secondary N) is 3. The van der Waals surface area contributed by atoms with Gasteiger partial charge in [0.15, 0.2) is 5.82 Å². The predicted molar refractivity (Wildman–Crippen MR) is 137 cm³/mol. The van der Waals surface area contributed by atoms with E-state index < -0.39 is 11.9 Å². The zero-order valence-corrected chi connectivity index (χ0v) is 20.4. The molecule has 0 saturated carbocycles. The lowest BCUT2D eigenvalue weighted by Crippen LogP contribution is -2.28. The molecule has 6 N–H and O–H groups in total. The number of carboxylic acids is 1. The summed E-state index contributed by atoms with van der Waals surface area (Å²) in [6.07, 6.45) is 2.84. The van der Waals surface area contributed by atoms with E-state index in [9.17, 15) is 14.0 Å². The zero-order valence-electron chi connectivity index (χ0n) is 20.4. The number of carbonyl (C=O) groups is 2. The topological polar surface area (TPSA) is 162 Å². The van der Waals surface area contributed by atoms with E-state index in [4.69, 9.17) is 15.8 Å². The molecule has 3 heterocycles. The van der Waals surface area contributed by atoms with Gasteiger partial charge >= 0.3 is 5.97 Å². The van der Waals surface area contributed by atoms with E-state index in [1.165, 1.54) is 19.1 Å². The van der Waals surface area contributed by atoms with E-state index in [0.717, 1.165) is 6.42 Å². The molecule has 1 aromatic carbocycles. The van der Waals surface area contributed by atoms with Crippen LogP contribution >= 0.6 is 0 Å². The molecule has 3 aromatic rings. The van der Waals surface area contributed by atoms with Gasteiger partial charge in [-0.3, -0.25) is 4.79 Å². The summed E-state index contributed by atoms with van der Waals surface area (Å²) >= 11 is 0. The van der Waals surface area contributed by atoms with Gasteiger partial charge in [0.1, 0.15) is 28.7 Å². The summed E-state index contributed by atoms with van der Waals surface area (Å²) in [6.45, 7) is 4.40. The van der Waals surface area contributed by atoms with Crippen molar-refractivity contribution < 1.29 is 19.1 Å². The number of aliphatic imine (C=N–C) groups is 1. The van der Waals surface area contributed by atoms with Gasteiger partial charge in [0.2, 0.25) is 0 Å². The predicted octanol–water partition coefficient (Wildman–Crippen LogP) is 2.28. The molecule has 1 aliphatic rings. The van der Waals surface area contributed by atoms with Crippen LogP contribution in [0, 0.1) is 5.82 Å². The first-order valence-corrected chi connectivity index (χ1v) is 11.7. The molecule has 1 saturated heterocycles. The zero-order chi connectivity index (χ0) is 26.0. The first-order valence-electron chi connectivity index (χ1n) is 11.7. The van der Waals surface area contributed by atoms with Gasteiger partial charge in [-0.05, 0) is 31.9 Å². The van der Waals surface area contributed by atoms with Gasteiger partial charge in [-0.15, -0.1) is 0 Å². The van der Waals surface area contributed by atoms with E-state index in [2.05, 4.69) is 25.6 Å². The van der Waals surface area contributed by atoms with Gasteiger partial charge in [-0.25, -0.2) is 24.1 Å². The van der Waals surface area contributed by atoms with Gasteiger partial charge in [0.05, 0.1) is 23.1 Å². The number of allylic oxidation sites excluding steroid dienone is 1. The van der Waals surface area contributed by atoms with Crippen LogP contribution in [0.25, 0.3) is 21.9 Å². The maximum atomic E-state index is 14.4. The quantitative estimate of drug-likeness (QED) is 0.234. The van der Waals surface area contributed by atoms with Crippen LogP contribution in [0.1, 0.15) is 32.5 Å². The van der Waals surface area contributed by atoms with Crippen molar-refractivity contribution >= 4 is 51.0 Å². The number of benzene rings is 1. The number of halogens is 1. The van der Waals surface area contributed by atoms with Crippen molar-refractivity contribution in [1.29, 1.82) is 0 Å². The van der Waals surface area contributed by atoms with Crippen LogP contribution in [0.5, 0.6) is 0 Å². The number of aromatic nitrogens is 3. The molecule has 1 amide bonds. The van der Waals surface area contributed by atoms with E-state index in [1.54, 1.807) is 13.1 Å². The molecule has 0 spiro atoms. The Hall–Kier alpha value is -4.06. The summed E-state index contributed by atoms with van der Waals surface area (Å²) in [7, 11) is 1.71. The minimum Gasteiger partial charge on any atom is -0.477 e. The van der Waals surface area contributed by atoms with Crippen molar-refractivity contribution in [3.63, 3.8) is 0 Å². The van der Waals surface area contributed by atoms with Crippen LogP contribution in [0.4, 0.5) is 15.9 Å². The molecule has 36 heavy (non-hydrogen) atoms. The Labute approximate surface area is 206 Å². The fourth-order valence-corrected chi connectivity index (χ4v) is 4.24. The highest BCUT2D eigenvalue weighted by Crippen LogP contribution is 2.36. The smallest absolute Gasteiger partial charge is 0.349 e. The van der Waals surface area contributed by atoms with Crippen molar-refractivity contribution in [2.45, 2.75) is 39.3 Å². The Morgan fingerprint density at radius 1 is 1.39 bits per heavy atom. The first kappa shape index (κ1) is 25.0. The second-order valence-corrected chi connectivity index (χ2v) is 8.62. The second-order valence-electron chi connectivity index (χ2n) is 8.62. The molecule has 12 heteroatoms. The number of H-pyrrole nitrogens is 1. The Morgan fingerprint density at radius 2 is 2.17 bits per heavy atom. The standard InChI is InChI=1S/C24H29FN8O3/c1-4-5-16(29-12(2)24(35)36)23(34)28-10-18-30-21-19(22(31-18)33-7-6-14(26)11-33)15-8-13(25)9-17(27-3)20(15)32-21/h5,8-9,14,27H,4,6-7,10-11,26H2,1-3H3,(H,28,34)(H,35,36)(H,30,31,32)/b16-5-,29-12+. The fourth-order valence-electron chi connectivity index (χ4n) is 4.24. The van der Waals surface area contributed by atoms with Gasteiger partial charge in [-0.1, -0.05) is 13.0 Å². The number of hydrogen-bond donors (Lipinski definition) is 5. The van der Waals surface area contributed by atoms with Crippen molar-refractivity contribution in [2.75, 3.05) is 30.4 Å². The number of nitrogens with two attached hydrogens (primary N) is 1. The summed E-state index contributed by atoms with van der Waals surface area (Å²) < 4.78 is 14.4. The molecule has 0 radical (unpaired) electrons. The van der Waals surface area contributed by atoms with Gasteiger partial charge in [0, 0.05) is 31.6 Å². The van der Waals surface area contributed by atoms with Crippen LogP contribution in [-0.4, -0.2) is 63.8 Å². The number of nitrogens with zero attached hydrogens (tertiary/aromatic N) is 4. The Balaban J connectivity index is 1.74. The highest BCUT2D eigenvalue weighted by atomic mass is 19.1. The number of fused-ring (bicyclic) bond motifs is 3. The summed E-state index contributed by atoms with van der Waals surface area (Å²) in [5.41, 5.74) is 7.74. The molecular formula is C24H29FN8O3. The van der Waals surface area contributed by atoms with E-state index in [-0.39, 0.29) is 29.8 Å². The maximum Gasteiger partial charge on any atom is 0.349 e. The first-order chi connectivity index (χ1) is 17.2. The summed E-state index contributed by atoms with van der Waals surface area (Å²) in [6, 6.07) is 2.84. The average molecular weight is 497 g/mol. The van der Waals surface area contributed by atoms with Gasteiger partial charge < -0.3 is 31.4 Å². The van der Waals surface area contributed by atoms with Crippen molar-refractivity contribution in [2.24, 2.45) is 10.7 Å². The summed E-state index contributed by atoms with van der Waals surface area (Å²) in [5.74, 6) is -1.19. The van der Waals surface area contributed by atoms with Crippen LogP contribution in [-0.2, 0) is 16.1 Å². The number of anilines is 2. The second kappa shape index (κ2) is 10.3.